The van der Waals surface area contributed by atoms with Crippen LogP contribution in [-0.4, -0.2) is 19.8 Å². The van der Waals surface area contributed by atoms with Crippen molar-refractivity contribution in [3.8, 4) is 11.5 Å². The predicted octanol–water partition coefficient (Wildman–Crippen LogP) is 3.07. The first-order valence-corrected chi connectivity index (χ1v) is 8.12. The van der Waals surface area contributed by atoms with E-state index >= 15 is 0 Å². The molecule has 0 saturated carbocycles. The highest BCUT2D eigenvalue weighted by Gasteiger charge is 2.16. The van der Waals surface area contributed by atoms with Gasteiger partial charge in [-0.25, -0.2) is 12.8 Å². The molecular formula is C15H15FO4S. The van der Waals surface area contributed by atoms with Crippen LogP contribution < -0.4 is 4.74 Å². The lowest BCUT2D eigenvalue weighted by Gasteiger charge is -2.14. The molecule has 21 heavy (non-hydrogen) atoms. The van der Waals surface area contributed by atoms with Crippen LogP contribution in [0, 0.1) is 5.82 Å². The molecule has 0 aliphatic carbocycles. The number of aliphatic hydroxyl groups excluding tert-OH is 1. The van der Waals surface area contributed by atoms with Crippen LogP contribution in [0.4, 0.5) is 4.39 Å². The van der Waals surface area contributed by atoms with Gasteiger partial charge in [0.2, 0.25) is 0 Å². The third-order valence-electron chi connectivity index (χ3n) is 2.90. The first-order chi connectivity index (χ1) is 9.79. The number of benzene rings is 2. The van der Waals surface area contributed by atoms with E-state index in [0.717, 1.165) is 6.26 Å². The molecule has 0 fully saturated rings. The minimum absolute atomic E-state index is 0.0786. The van der Waals surface area contributed by atoms with Gasteiger partial charge in [0.25, 0.3) is 0 Å². The fourth-order valence-corrected chi connectivity index (χ4v) is 2.50. The van der Waals surface area contributed by atoms with E-state index in [2.05, 4.69) is 0 Å². The average Bonchev–Trinajstić information content (AvgIpc) is 2.40. The van der Waals surface area contributed by atoms with Crippen molar-refractivity contribution in [1.82, 2.24) is 0 Å². The van der Waals surface area contributed by atoms with Crippen LogP contribution in [0.15, 0.2) is 47.4 Å². The number of ether oxygens (including phenoxy) is 1. The van der Waals surface area contributed by atoms with Crippen LogP contribution in [-0.2, 0) is 9.84 Å². The lowest BCUT2D eigenvalue weighted by Crippen LogP contribution is -2.00. The Morgan fingerprint density at radius 2 is 1.86 bits per heavy atom. The first kappa shape index (κ1) is 15.5. The topological polar surface area (TPSA) is 63.6 Å². The quantitative estimate of drug-likeness (QED) is 0.942. The van der Waals surface area contributed by atoms with Crippen LogP contribution in [0.2, 0.25) is 0 Å². The largest absolute Gasteiger partial charge is 0.454 e. The highest BCUT2D eigenvalue weighted by molar-refractivity contribution is 7.90. The molecule has 2 aromatic carbocycles. The summed E-state index contributed by atoms with van der Waals surface area (Å²) in [5.74, 6) is -0.554. The molecule has 0 saturated heterocycles. The smallest absolute Gasteiger partial charge is 0.175 e. The van der Waals surface area contributed by atoms with Crippen LogP contribution in [0.3, 0.4) is 0 Å². The van der Waals surface area contributed by atoms with Gasteiger partial charge in [-0.05, 0) is 31.2 Å². The van der Waals surface area contributed by atoms with Crippen molar-refractivity contribution in [3.63, 3.8) is 0 Å². The van der Waals surface area contributed by atoms with Gasteiger partial charge >= 0.3 is 0 Å². The molecule has 1 N–H and O–H groups in total. The van der Waals surface area contributed by atoms with E-state index in [1.54, 1.807) is 6.07 Å². The molecule has 0 amide bonds. The molecule has 0 bridgehead atoms. The predicted molar refractivity (Wildman–Crippen MR) is 76.7 cm³/mol. The summed E-state index contributed by atoms with van der Waals surface area (Å²) in [5, 5.41) is 9.65. The number of para-hydroxylation sites is 1. The molecule has 2 aromatic rings. The molecule has 4 nitrogen and oxygen atoms in total. The van der Waals surface area contributed by atoms with E-state index in [9.17, 15) is 17.9 Å². The fourth-order valence-electron chi connectivity index (χ4n) is 1.85. The van der Waals surface area contributed by atoms with E-state index in [4.69, 9.17) is 4.74 Å². The minimum Gasteiger partial charge on any atom is -0.454 e. The summed E-state index contributed by atoms with van der Waals surface area (Å²) in [5.41, 5.74) is 0.291. The maximum Gasteiger partial charge on any atom is 0.175 e. The highest BCUT2D eigenvalue weighted by Crippen LogP contribution is 2.32. The number of hydrogen-bond donors (Lipinski definition) is 1. The average molecular weight is 310 g/mol. The first-order valence-electron chi connectivity index (χ1n) is 6.23. The third kappa shape index (κ3) is 3.59. The van der Waals surface area contributed by atoms with E-state index in [0.29, 0.717) is 5.56 Å². The van der Waals surface area contributed by atoms with Crippen LogP contribution >= 0.6 is 0 Å². The van der Waals surface area contributed by atoms with E-state index in [-0.39, 0.29) is 16.4 Å². The van der Waals surface area contributed by atoms with Gasteiger partial charge < -0.3 is 9.84 Å². The summed E-state index contributed by atoms with van der Waals surface area (Å²) in [6.07, 6.45) is 0.171. The summed E-state index contributed by atoms with van der Waals surface area (Å²) < 4.78 is 42.3. The van der Waals surface area contributed by atoms with E-state index in [1.807, 2.05) is 0 Å². The minimum atomic E-state index is -3.38. The number of sulfone groups is 1. The van der Waals surface area contributed by atoms with Crippen LogP contribution in [0.25, 0.3) is 0 Å². The molecule has 0 spiro atoms. The van der Waals surface area contributed by atoms with Crippen molar-refractivity contribution >= 4 is 9.84 Å². The Morgan fingerprint density at radius 3 is 2.48 bits per heavy atom. The maximum absolute atomic E-state index is 13.9. The Hall–Kier alpha value is -1.92. The lowest BCUT2D eigenvalue weighted by atomic mass is 10.1. The Labute approximate surface area is 122 Å². The molecule has 6 heteroatoms. The molecule has 0 aliphatic rings. The monoisotopic (exact) mass is 310 g/mol. The van der Waals surface area contributed by atoms with Gasteiger partial charge in [0, 0.05) is 11.8 Å². The second kappa shape index (κ2) is 5.83. The Kier molecular flexibility index (Phi) is 4.29. The molecule has 0 aliphatic heterocycles. The van der Waals surface area contributed by atoms with Crippen LogP contribution in [0.1, 0.15) is 18.6 Å². The summed E-state index contributed by atoms with van der Waals surface area (Å²) in [6.45, 7) is 1.49. The van der Waals surface area contributed by atoms with E-state index < -0.39 is 21.8 Å². The summed E-state index contributed by atoms with van der Waals surface area (Å²) in [4.78, 5) is 0.0786. The van der Waals surface area contributed by atoms with E-state index in [1.165, 1.54) is 43.3 Å². The molecule has 112 valence electrons. The normalized spacial score (nSPS) is 13.0. The van der Waals surface area contributed by atoms with Crippen molar-refractivity contribution in [2.75, 3.05) is 6.26 Å². The summed E-state index contributed by atoms with van der Waals surface area (Å²) in [7, 11) is -3.38. The van der Waals surface area contributed by atoms with Crippen molar-refractivity contribution in [1.29, 1.82) is 0 Å². The van der Waals surface area contributed by atoms with Gasteiger partial charge in [0.1, 0.15) is 5.75 Å². The molecular weight excluding hydrogens is 295 g/mol. The molecule has 2 rings (SSSR count). The summed E-state index contributed by atoms with van der Waals surface area (Å²) in [6, 6.07) is 10.00. The number of halogens is 1. The van der Waals surface area contributed by atoms with Crippen molar-refractivity contribution < 1.29 is 22.7 Å². The zero-order valence-corrected chi connectivity index (χ0v) is 12.4. The zero-order valence-electron chi connectivity index (χ0n) is 11.6. The van der Waals surface area contributed by atoms with Gasteiger partial charge in [0.15, 0.2) is 21.4 Å². The van der Waals surface area contributed by atoms with Gasteiger partial charge in [-0.2, -0.15) is 0 Å². The zero-order chi connectivity index (χ0) is 15.6. The van der Waals surface area contributed by atoms with Crippen molar-refractivity contribution in [2.45, 2.75) is 17.9 Å². The molecule has 1 atom stereocenters. The Bertz CT molecular complexity index is 754. The lowest BCUT2D eigenvalue weighted by molar-refractivity contribution is 0.194. The standard InChI is InChI=1S/C15H15FO4S/c1-10(17)13-7-4-8-14(16)15(13)20-11-5-3-6-12(9-11)21(2,18)19/h3-10,17H,1-2H3/t10-/m0/s1. The highest BCUT2D eigenvalue weighted by atomic mass is 32.2. The van der Waals surface area contributed by atoms with Gasteiger partial charge in [-0.1, -0.05) is 18.2 Å². The molecule has 0 radical (unpaired) electrons. The van der Waals surface area contributed by atoms with Crippen molar-refractivity contribution in [3.05, 3.63) is 53.8 Å². The number of aliphatic hydroxyl groups is 1. The summed E-state index contributed by atoms with van der Waals surface area (Å²) >= 11 is 0. The van der Waals surface area contributed by atoms with Crippen molar-refractivity contribution in [2.24, 2.45) is 0 Å². The molecule has 0 aromatic heterocycles. The number of rotatable bonds is 4. The SMILES string of the molecule is C[C@H](O)c1cccc(F)c1Oc1cccc(S(C)(=O)=O)c1. The molecule has 0 heterocycles. The maximum atomic E-state index is 13.9. The van der Waals surface area contributed by atoms with Crippen LogP contribution in [0.5, 0.6) is 11.5 Å². The second-order valence-electron chi connectivity index (χ2n) is 4.68. The van der Waals surface area contributed by atoms with Gasteiger partial charge in [-0.15, -0.1) is 0 Å². The Morgan fingerprint density at radius 1 is 1.19 bits per heavy atom. The van der Waals surface area contributed by atoms with Gasteiger partial charge in [-0.3, -0.25) is 0 Å². The Balaban J connectivity index is 2.44. The molecule has 0 unspecified atom stereocenters. The van der Waals surface area contributed by atoms with Gasteiger partial charge in [0.05, 0.1) is 11.0 Å². The second-order valence-corrected chi connectivity index (χ2v) is 6.70. The number of hydrogen-bond acceptors (Lipinski definition) is 4. The fraction of sp³-hybridized carbons (Fsp3) is 0.200. The third-order valence-corrected chi connectivity index (χ3v) is 4.01.